The van der Waals surface area contributed by atoms with Gasteiger partial charge in [0.1, 0.15) is 12.2 Å². The van der Waals surface area contributed by atoms with E-state index in [9.17, 15) is 15.0 Å². The second kappa shape index (κ2) is 6.33. The molecule has 1 aliphatic rings. The molecule has 2 aromatic heterocycles. The SMILES string of the molecule is O=c1c2ccc(C#Cc3cncnc3)cc2nc2n1CCC(O)(O)CC2. The quantitative estimate of drug-likeness (QED) is 0.456. The van der Waals surface area contributed by atoms with Crippen LogP contribution >= 0.6 is 0 Å². The number of hydrogen-bond acceptors (Lipinski definition) is 6. The van der Waals surface area contributed by atoms with Gasteiger partial charge in [-0.1, -0.05) is 11.8 Å². The Hall–Kier alpha value is -3.08. The normalized spacial score (nSPS) is 15.6. The number of aromatic nitrogens is 4. The molecule has 7 nitrogen and oxygen atoms in total. The summed E-state index contributed by atoms with van der Waals surface area (Å²) in [7, 11) is 0. The fourth-order valence-corrected chi connectivity index (χ4v) is 3.00. The molecule has 0 unspecified atom stereocenters. The maximum Gasteiger partial charge on any atom is 0.261 e. The maximum atomic E-state index is 12.7. The summed E-state index contributed by atoms with van der Waals surface area (Å²) < 4.78 is 1.53. The number of aryl methyl sites for hydroxylation is 1. The predicted octanol–water partition coefficient (Wildman–Crippen LogP) is 0.603. The highest BCUT2D eigenvalue weighted by molar-refractivity contribution is 5.79. The highest BCUT2D eigenvalue weighted by Gasteiger charge is 2.28. The standard InChI is InChI=1S/C19H16N4O3/c24-18-15-4-3-13(1-2-14-10-20-12-21-11-14)9-16(15)22-17-5-6-19(25,26)7-8-23(17)18/h3-4,9-12,25-26H,5-8H2. The molecule has 0 aliphatic carbocycles. The van der Waals surface area contributed by atoms with Crippen LogP contribution in [0.1, 0.15) is 29.8 Å². The van der Waals surface area contributed by atoms with Gasteiger partial charge in [-0.05, 0) is 18.2 Å². The molecule has 0 atom stereocenters. The van der Waals surface area contributed by atoms with E-state index in [1.165, 1.54) is 10.9 Å². The Morgan fingerprint density at radius 2 is 1.85 bits per heavy atom. The minimum Gasteiger partial charge on any atom is -0.366 e. The average molecular weight is 348 g/mol. The molecule has 0 fully saturated rings. The molecule has 1 aromatic carbocycles. The summed E-state index contributed by atoms with van der Waals surface area (Å²) in [6.07, 6.45) is 5.28. The van der Waals surface area contributed by atoms with E-state index >= 15 is 0 Å². The molecule has 0 saturated carbocycles. The first-order valence-electron chi connectivity index (χ1n) is 8.27. The zero-order chi connectivity index (χ0) is 18.1. The van der Waals surface area contributed by atoms with Crippen molar-refractivity contribution in [2.45, 2.75) is 31.6 Å². The molecular formula is C19H16N4O3. The molecule has 130 valence electrons. The van der Waals surface area contributed by atoms with Crippen LogP contribution in [0.3, 0.4) is 0 Å². The summed E-state index contributed by atoms with van der Waals surface area (Å²) in [6.45, 7) is 0.236. The van der Waals surface area contributed by atoms with Crippen molar-refractivity contribution in [2.24, 2.45) is 0 Å². The topological polar surface area (TPSA) is 101 Å². The van der Waals surface area contributed by atoms with Crippen molar-refractivity contribution in [3.63, 3.8) is 0 Å². The number of rotatable bonds is 0. The van der Waals surface area contributed by atoms with Crippen molar-refractivity contribution in [2.75, 3.05) is 0 Å². The molecule has 3 heterocycles. The van der Waals surface area contributed by atoms with E-state index in [2.05, 4.69) is 26.8 Å². The van der Waals surface area contributed by atoms with E-state index in [0.29, 0.717) is 28.7 Å². The van der Waals surface area contributed by atoms with Crippen LogP contribution < -0.4 is 5.56 Å². The Labute approximate surface area is 149 Å². The first-order chi connectivity index (χ1) is 12.5. The molecule has 3 aromatic rings. The highest BCUT2D eigenvalue weighted by Crippen LogP contribution is 2.21. The highest BCUT2D eigenvalue weighted by atomic mass is 16.5. The molecule has 2 N–H and O–H groups in total. The van der Waals surface area contributed by atoms with Crippen LogP contribution in [0.4, 0.5) is 0 Å². The second-order valence-electron chi connectivity index (χ2n) is 6.33. The molecular weight excluding hydrogens is 332 g/mol. The van der Waals surface area contributed by atoms with Crippen molar-refractivity contribution < 1.29 is 10.2 Å². The van der Waals surface area contributed by atoms with E-state index in [4.69, 9.17) is 0 Å². The second-order valence-corrected chi connectivity index (χ2v) is 6.33. The van der Waals surface area contributed by atoms with Gasteiger partial charge in [0.15, 0.2) is 5.79 Å². The van der Waals surface area contributed by atoms with Gasteiger partial charge in [-0.3, -0.25) is 9.36 Å². The minimum atomic E-state index is -1.76. The number of aliphatic hydroxyl groups is 2. The summed E-state index contributed by atoms with van der Waals surface area (Å²) >= 11 is 0. The van der Waals surface area contributed by atoms with Gasteiger partial charge in [0.05, 0.1) is 16.5 Å². The average Bonchev–Trinajstić information content (AvgIpc) is 2.79. The lowest BCUT2D eigenvalue weighted by atomic mass is 10.1. The van der Waals surface area contributed by atoms with Crippen LogP contribution in [0.5, 0.6) is 0 Å². The Morgan fingerprint density at radius 1 is 1.08 bits per heavy atom. The van der Waals surface area contributed by atoms with Gasteiger partial charge in [-0.15, -0.1) is 0 Å². The summed E-state index contributed by atoms with van der Waals surface area (Å²) in [5.74, 6) is 4.79. The predicted molar refractivity (Wildman–Crippen MR) is 94.1 cm³/mol. The number of hydrogen-bond donors (Lipinski definition) is 2. The van der Waals surface area contributed by atoms with Crippen LogP contribution in [0.2, 0.25) is 0 Å². The Kier molecular flexibility index (Phi) is 3.99. The van der Waals surface area contributed by atoms with Crippen molar-refractivity contribution in [1.82, 2.24) is 19.5 Å². The van der Waals surface area contributed by atoms with E-state index in [0.717, 1.165) is 5.56 Å². The first kappa shape index (κ1) is 16.4. The maximum absolute atomic E-state index is 12.7. The van der Waals surface area contributed by atoms with Gasteiger partial charge in [-0.25, -0.2) is 15.0 Å². The molecule has 26 heavy (non-hydrogen) atoms. The largest absolute Gasteiger partial charge is 0.366 e. The zero-order valence-electron chi connectivity index (χ0n) is 13.9. The summed E-state index contributed by atoms with van der Waals surface area (Å²) in [5.41, 5.74) is 1.81. The Bertz CT molecular complexity index is 1090. The van der Waals surface area contributed by atoms with Gasteiger partial charge in [0, 0.05) is 43.8 Å². The molecule has 4 rings (SSSR count). The summed E-state index contributed by atoms with van der Waals surface area (Å²) in [4.78, 5) is 25.1. The van der Waals surface area contributed by atoms with Gasteiger partial charge in [0.2, 0.25) is 0 Å². The van der Waals surface area contributed by atoms with Crippen LogP contribution in [-0.4, -0.2) is 35.5 Å². The third-order valence-electron chi connectivity index (χ3n) is 4.43. The summed E-state index contributed by atoms with van der Waals surface area (Å²) in [5, 5.41) is 20.2. The molecule has 7 heteroatoms. The van der Waals surface area contributed by atoms with Gasteiger partial charge in [-0.2, -0.15) is 0 Å². The Balaban J connectivity index is 1.76. The van der Waals surface area contributed by atoms with Crippen LogP contribution in [0.15, 0.2) is 41.7 Å². The number of benzene rings is 1. The van der Waals surface area contributed by atoms with E-state index in [-0.39, 0.29) is 24.9 Å². The van der Waals surface area contributed by atoms with Gasteiger partial charge in [0.25, 0.3) is 5.56 Å². The fraction of sp³-hybridized carbons (Fsp3) is 0.263. The van der Waals surface area contributed by atoms with E-state index in [1.54, 1.807) is 30.6 Å². The van der Waals surface area contributed by atoms with Crippen molar-refractivity contribution in [1.29, 1.82) is 0 Å². The summed E-state index contributed by atoms with van der Waals surface area (Å²) in [6, 6.07) is 5.25. The number of fused-ring (bicyclic) bond motifs is 2. The van der Waals surface area contributed by atoms with Crippen LogP contribution in [0.25, 0.3) is 10.9 Å². The van der Waals surface area contributed by atoms with E-state index < -0.39 is 5.79 Å². The van der Waals surface area contributed by atoms with Crippen molar-refractivity contribution >= 4 is 10.9 Å². The van der Waals surface area contributed by atoms with Crippen molar-refractivity contribution in [3.8, 4) is 11.8 Å². The third kappa shape index (κ3) is 3.20. The van der Waals surface area contributed by atoms with Crippen LogP contribution in [0, 0.1) is 11.8 Å². The molecule has 0 radical (unpaired) electrons. The minimum absolute atomic E-state index is 0.107. The van der Waals surface area contributed by atoms with Gasteiger partial charge >= 0.3 is 0 Å². The fourth-order valence-electron chi connectivity index (χ4n) is 3.00. The molecule has 1 aliphatic heterocycles. The lowest BCUT2D eigenvalue weighted by Gasteiger charge is -2.17. The lowest BCUT2D eigenvalue weighted by molar-refractivity contribution is -0.169. The third-order valence-corrected chi connectivity index (χ3v) is 4.43. The monoisotopic (exact) mass is 348 g/mol. The molecule has 0 amide bonds. The zero-order valence-corrected chi connectivity index (χ0v) is 13.9. The van der Waals surface area contributed by atoms with Crippen molar-refractivity contribution in [3.05, 3.63) is 64.2 Å². The smallest absolute Gasteiger partial charge is 0.261 e. The Morgan fingerprint density at radius 3 is 2.65 bits per heavy atom. The van der Waals surface area contributed by atoms with Crippen LogP contribution in [-0.2, 0) is 13.0 Å². The first-order valence-corrected chi connectivity index (χ1v) is 8.27. The molecule has 0 spiro atoms. The van der Waals surface area contributed by atoms with E-state index in [1.807, 2.05) is 0 Å². The molecule has 0 saturated heterocycles. The number of nitrogens with zero attached hydrogens (tertiary/aromatic N) is 4. The molecule has 0 bridgehead atoms. The van der Waals surface area contributed by atoms with Gasteiger partial charge < -0.3 is 10.2 Å². The lowest BCUT2D eigenvalue weighted by Crippen LogP contribution is -2.29.